The smallest absolute Gasteiger partial charge is 0.255 e. The van der Waals surface area contributed by atoms with Gasteiger partial charge in [-0.15, -0.1) is 0 Å². The Hall–Kier alpha value is -1.75. The molecule has 5 nitrogen and oxygen atoms in total. The van der Waals surface area contributed by atoms with E-state index in [9.17, 15) is 15.0 Å². The molecule has 0 aromatic heterocycles. The normalized spacial score (nSPS) is 12.1. The number of hydrogen-bond acceptors (Lipinski definition) is 4. The molecule has 1 rings (SSSR count). The second-order valence-electron chi connectivity index (χ2n) is 3.52. The maximum atomic E-state index is 11.7. The van der Waals surface area contributed by atoms with Crippen LogP contribution in [0.4, 0.5) is 0 Å². The number of nitrogens with one attached hydrogen (secondary N) is 1. The average molecular weight is 224 g/mol. The van der Waals surface area contributed by atoms with Crippen LogP contribution in [0.3, 0.4) is 0 Å². The summed E-state index contributed by atoms with van der Waals surface area (Å²) < 4.78 is 0. The van der Waals surface area contributed by atoms with E-state index in [1.807, 2.05) is 6.92 Å². The second kappa shape index (κ2) is 5.37. The Kier molecular flexibility index (Phi) is 4.13. The highest BCUT2D eigenvalue weighted by Gasteiger charge is 2.14. The lowest BCUT2D eigenvalue weighted by atomic mass is 10.1. The zero-order valence-corrected chi connectivity index (χ0v) is 9.10. The lowest BCUT2D eigenvalue weighted by molar-refractivity contribution is 0.0934. The number of aromatic hydroxyl groups is 2. The Morgan fingerprint density at radius 3 is 2.75 bits per heavy atom. The van der Waals surface area contributed by atoms with Crippen LogP contribution in [-0.2, 0) is 0 Å². The third-order valence-electron chi connectivity index (χ3n) is 2.34. The van der Waals surface area contributed by atoms with Gasteiger partial charge < -0.3 is 21.3 Å². The van der Waals surface area contributed by atoms with Gasteiger partial charge in [-0.05, 0) is 24.6 Å². The number of amides is 1. The van der Waals surface area contributed by atoms with Crippen molar-refractivity contribution >= 4 is 5.91 Å². The highest BCUT2D eigenvalue weighted by Crippen LogP contribution is 2.21. The third kappa shape index (κ3) is 2.87. The number of nitrogens with two attached hydrogens (primary N) is 1. The molecule has 5 N–H and O–H groups in total. The zero-order valence-electron chi connectivity index (χ0n) is 9.10. The summed E-state index contributed by atoms with van der Waals surface area (Å²) in [6.45, 7) is 2.24. The number of carbonyl (C=O) groups excluding carboxylic acids is 1. The SMILES string of the molecule is CCC(CN)NC(=O)c1cc(O)ccc1O. The molecule has 1 aromatic carbocycles. The summed E-state index contributed by atoms with van der Waals surface area (Å²) in [6, 6.07) is 3.67. The van der Waals surface area contributed by atoms with Crippen molar-refractivity contribution in [1.29, 1.82) is 0 Å². The number of rotatable bonds is 4. The van der Waals surface area contributed by atoms with Gasteiger partial charge in [-0.1, -0.05) is 6.92 Å². The zero-order chi connectivity index (χ0) is 12.1. The first-order valence-corrected chi connectivity index (χ1v) is 5.11. The fraction of sp³-hybridized carbons (Fsp3) is 0.364. The molecule has 5 heteroatoms. The van der Waals surface area contributed by atoms with Crippen molar-refractivity contribution in [1.82, 2.24) is 5.32 Å². The van der Waals surface area contributed by atoms with Crippen LogP contribution in [0.5, 0.6) is 11.5 Å². The number of hydrogen-bond donors (Lipinski definition) is 4. The minimum absolute atomic E-state index is 0.0481. The molecule has 1 atom stereocenters. The topological polar surface area (TPSA) is 95.6 Å². The number of benzene rings is 1. The van der Waals surface area contributed by atoms with Crippen molar-refractivity contribution in [2.75, 3.05) is 6.54 Å². The van der Waals surface area contributed by atoms with Crippen molar-refractivity contribution in [3.8, 4) is 11.5 Å². The molecule has 0 saturated heterocycles. The predicted molar refractivity (Wildman–Crippen MR) is 60.4 cm³/mol. The summed E-state index contributed by atoms with van der Waals surface area (Å²) in [7, 11) is 0. The van der Waals surface area contributed by atoms with Crippen LogP contribution in [0.1, 0.15) is 23.7 Å². The molecule has 1 unspecified atom stereocenters. The van der Waals surface area contributed by atoms with Gasteiger partial charge in [0.05, 0.1) is 5.56 Å². The standard InChI is InChI=1S/C11H16N2O3/c1-2-7(6-12)13-11(16)9-5-8(14)3-4-10(9)15/h3-5,7,14-15H,2,6,12H2,1H3,(H,13,16). The highest BCUT2D eigenvalue weighted by molar-refractivity contribution is 5.97. The Morgan fingerprint density at radius 2 is 2.19 bits per heavy atom. The van der Waals surface area contributed by atoms with E-state index in [4.69, 9.17) is 5.73 Å². The van der Waals surface area contributed by atoms with Gasteiger partial charge in [-0.25, -0.2) is 0 Å². The van der Waals surface area contributed by atoms with Crippen LogP contribution in [0.2, 0.25) is 0 Å². The fourth-order valence-corrected chi connectivity index (χ4v) is 1.30. The molecule has 0 spiro atoms. The molecule has 0 bridgehead atoms. The van der Waals surface area contributed by atoms with Gasteiger partial charge in [0.25, 0.3) is 5.91 Å². The number of phenols is 2. The van der Waals surface area contributed by atoms with Gasteiger partial charge >= 0.3 is 0 Å². The Morgan fingerprint density at radius 1 is 1.50 bits per heavy atom. The highest BCUT2D eigenvalue weighted by atomic mass is 16.3. The van der Waals surface area contributed by atoms with E-state index in [1.54, 1.807) is 0 Å². The monoisotopic (exact) mass is 224 g/mol. The van der Waals surface area contributed by atoms with Crippen LogP contribution in [0, 0.1) is 0 Å². The van der Waals surface area contributed by atoms with E-state index in [-0.39, 0.29) is 23.1 Å². The van der Waals surface area contributed by atoms with Crippen LogP contribution < -0.4 is 11.1 Å². The van der Waals surface area contributed by atoms with Gasteiger partial charge in [-0.2, -0.15) is 0 Å². The van der Waals surface area contributed by atoms with E-state index in [0.29, 0.717) is 13.0 Å². The van der Waals surface area contributed by atoms with Crippen molar-refractivity contribution in [3.63, 3.8) is 0 Å². The summed E-state index contributed by atoms with van der Waals surface area (Å²) in [5.74, 6) is -0.670. The third-order valence-corrected chi connectivity index (χ3v) is 2.34. The predicted octanol–water partition coefficient (Wildman–Crippen LogP) is 0.565. The summed E-state index contributed by atoms with van der Waals surface area (Å²) >= 11 is 0. The van der Waals surface area contributed by atoms with Gasteiger partial charge in [0.15, 0.2) is 0 Å². The molecule has 1 aromatic rings. The molecule has 0 saturated carbocycles. The van der Waals surface area contributed by atoms with E-state index >= 15 is 0 Å². The summed E-state index contributed by atoms with van der Waals surface area (Å²) in [4.78, 5) is 11.7. The number of phenolic OH excluding ortho intramolecular Hbond substituents is 2. The molecule has 0 radical (unpaired) electrons. The average Bonchev–Trinajstić information content (AvgIpc) is 2.28. The molecule has 0 heterocycles. The molecule has 16 heavy (non-hydrogen) atoms. The largest absolute Gasteiger partial charge is 0.508 e. The van der Waals surface area contributed by atoms with E-state index in [0.717, 1.165) is 0 Å². The Bertz CT molecular complexity index is 375. The quantitative estimate of drug-likeness (QED) is 0.562. The lowest BCUT2D eigenvalue weighted by Gasteiger charge is -2.15. The van der Waals surface area contributed by atoms with E-state index in [2.05, 4.69) is 5.32 Å². The van der Waals surface area contributed by atoms with Gasteiger partial charge in [0.2, 0.25) is 0 Å². The van der Waals surface area contributed by atoms with Crippen molar-refractivity contribution in [3.05, 3.63) is 23.8 Å². The first-order valence-electron chi connectivity index (χ1n) is 5.11. The van der Waals surface area contributed by atoms with Gasteiger partial charge in [0, 0.05) is 12.6 Å². The lowest BCUT2D eigenvalue weighted by Crippen LogP contribution is -2.39. The maximum absolute atomic E-state index is 11.7. The van der Waals surface area contributed by atoms with Crippen LogP contribution in [-0.4, -0.2) is 28.7 Å². The molecule has 0 aliphatic heterocycles. The summed E-state index contributed by atoms with van der Waals surface area (Å²) in [5.41, 5.74) is 5.50. The molecular formula is C11H16N2O3. The molecule has 0 fully saturated rings. The second-order valence-corrected chi connectivity index (χ2v) is 3.52. The first kappa shape index (κ1) is 12.3. The number of carbonyl (C=O) groups is 1. The van der Waals surface area contributed by atoms with Crippen molar-refractivity contribution in [2.24, 2.45) is 5.73 Å². The minimum atomic E-state index is -0.439. The van der Waals surface area contributed by atoms with Crippen molar-refractivity contribution in [2.45, 2.75) is 19.4 Å². The minimum Gasteiger partial charge on any atom is -0.508 e. The molecule has 88 valence electrons. The van der Waals surface area contributed by atoms with Gasteiger partial charge in [-0.3, -0.25) is 4.79 Å². The van der Waals surface area contributed by atoms with E-state index < -0.39 is 5.91 Å². The Labute approximate surface area is 93.9 Å². The molecule has 0 aliphatic rings. The molecular weight excluding hydrogens is 208 g/mol. The first-order chi connectivity index (χ1) is 7.58. The Balaban J connectivity index is 2.83. The van der Waals surface area contributed by atoms with Crippen LogP contribution in [0.25, 0.3) is 0 Å². The maximum Gasteiger partial charge on any atom is 0.255 e. The van der Waals surface area contributed by atoms with Crippen LogP contribution in [0.15, 0.2) is 18.2 Å². The van der Waals surface area contributed by atoms with E-state index in [1.165, 1.54) is 18.2 Å². The molecule has 1 amide bonds. The van der Waals surface area contributed by atoms with Crippen LogP contribution >= 0.6 is 0 Å². The summed E-state index contributed by atoms with van der Waals surface area (Å²) in [6.07, 6.45) is 0.710. The fourth-order valence-electron chi connectivity index (χ4n) is 1.30. The molecule has 0 aliphatic carbocycles. The van der Waals surface area contributed by atoms with Crippen molar-refractivity contribution < 1.29 is 15.0 Å². The van der Waals surface area contributed by atoms with Gasteiger partial charge in [0.1, 0.15) is 11.5 Å². The summed E-state index contributed by atoms with van der Waals surface area (Å²) in [5, 5.41) is 21.3.